The van der Waals surface area contributed by atoms with Gasteiger partial charge in [-0.3, -0.25) is 4.79 Å². The van der Waals surface area contributed by atoms with Gasteiger partial charge in [0.05, 0.1) is 25.5 Å². The molecule has 34 heavy (non-hydrogen) atoms. The Morgan fingerprint density at radius 2 is 1.74 bits per heavy atom. The number of benzene rings is 2. The van der Waals surface area contributed by atoms with Crippen LogP contribution in [0.2, 0.25) is 0 Å². The topological polar surface area (TPSA) is 95.5 Å². The van der Waals surface area contributed by atoms with Gasteiger partial charge in [0, 0.05) is 18.0 Å². The molecule has 1 heterocycles. The lowest BCUT2D eigenvalue weighted by Crippen LogP contribution is -2.18. The van der Waals surface area contributed by atoms with Crippen molar-refractivity contribution in [2.75, 3.05) is 24.3 Å². The van der Waals surface area contributed by atoms with Gasteiger partial charge in [-0.05, 0) is 43.2 Å². The molecule has 2 N–H and O–H groups in total. The van der Waals surface area contributed by atoms with Crippen LogP contribution in [0.15, 0.2) is 53.6 Å². The van der Waals surface area contributed by atoms with Crippen LogP contribution >= 0.6 is 0 Å². The summed E-state index contributed by atoms with van der Waals surface area (Å²) >= 11 is -1.76. The Morgan fingerprint density at radius 1 is 1.06 bits per heavy atom. The Hall–Kier alpha value is -3.44. The highest BCUT2D eigenvalue weighted by molar-refractivity contribution is 7.92. The number of aryl methyl sites for hydroxylation is 2. The smallest absolute Gasteiger partial charge is 0.421 e. The van der Waals surface area contributed by atoms with Gasteiger partial charge in [-0.15, -0.1) is 0 Å². The van der Waals surface area contributed by atoms with Crippen molar-refractivity contribution < 1.29 is 32.0 Å². The maximum atomic E-state index is 13.3. The molecule has 0 aliphatic carbocycles. The molecule has 0 saturated heterocycles. The molecule has 3 rings (SSSR count). The van der Waals surface area contributed by atoms with Crippen molar-refractivity contribution >= 4 is 28.6 Å². The number of carbonyl (C=O) groups excluding carboxylic acids is 1. The molecular formula is C23H22F3N3O4S. The van der Waals surface area contributed by atoms with Crippen LogP contribution in [0.4, 0.5) is 24.5 Å². The number of para-hydroxylation sites is 1. The van der Waals surface area contributed by atoms with Gasteiger partial charge in [-0.1, -0.05) is 18.2 Å². The fourth-order valence-electron chi connectivity index (χ4n) is 3.17. The average Bonchev–Trinajstić information content (AvgIpc) is 2.80. The molecule has 0 fully saturated rings. The largest absolute Gasteiger partial charge is 0.588 e. The van der Waals surface area contributed by atoms with E-state index < -0.39 is 34.9 Å². The minimum Gasteiger partial charge on any atom is -0.588 e. The number of pyridine rings is 1. The van der Waals surface area contributed by atoms with E-state index in [0.29, 0.717) is 17.5 Å². The summed E-state index contributed by atoms with van der Waals surface area (Å²) in [6.45, 7) is 3.75. The number of methoxy groups -OCH3 is 2. The van der Waals surface area contributed by atoms with Gasteiger partial charge >= 0.3 is 6.18 Å². The van der Waals surface area contributed by atoms with Gasteiger partial charge < -0.3 is 19.3 Å². The minimum absolute atomic E-state index is 0.210. The van der Waals surface area contributed by atoms with Gasteiger partial charge in [-0.25, -0.2) is 9.71 Å². The third kappa shape index (κ3) is 5.54. The van der Waals surface area contributed by atoms with E-state index in [1.165, 1.54) is 25.3 Å². The van der Waals surface area contributed by atoms with Gasteiger partial charge in [0.15, 0.2) is 5.75 Å². The second kappa shape index (κ2) is 10.2. The minimum atomic E-state index is -4.75. The first-order chi connectivity index (χ1) is 16.0. The summed E-state index contributed by atoms with van der Waals surface area (Å²) in [5, 5.41) is 2.50. The Bertz CT molecular complexity index is 1180. The molecule has 180 valence electrons. The predicted molar refractivity (Wildman–Crippen MR) is 123 cm³/mol. The van der Waals surface area contributed by atoms with E-state index in [1.807, 2.05) is 32.0 Å². The van der Waals surface area contributed by atoms with Crippen molar-refractivity contribution in [2.24, 2.45) is 0 Å². The fourth-order valence-corrected chi connectivity index (χ4v) is 4.35. The number of nitrogens with zero attached hydrogens (tertiary/aromatic N) is 1. The Morgan fingerprint density at radius 3 is 2.32 bits per heavy atom. The molecule has 0 radical (unpaired) electrons. The molecule has 1 aromatic heterocycles. The quantitative estimate of drug-likeness (QED) is 0.444. The normalized spacial score (nSPS) is 12.1. The van der Waals surface area contributed by atoms with Crippen molar-refractivity contribution in [3.8, 4) is 11.6 Å². The lowest BCUT2D eigenvalue weighted by atomic mass is 10.1. The maximum Gasteiger partial charge on any atom is 0.421 e. The molecule has 1 atom stereocenters. The predicted octanol–water partition coefficient (Wildman–Crippen LogP) is 5.12. The highest BCUT2D eigenvalue weighted by Gasteiger charge is 2.36. The van der Waals surface area contributed by atoms with E-state index in [4.69, 9.17) is 4.74 Å². The number of hydrogen-bond donors (Lipinski definition) is 2. The van der Waals surface area contributed by atoms with E-state index in [2.05, 4.69) is 19.8 Å². The third-order valence-corrected chi connectivity index (χ3v) is 6.02. The zero-order chi connectivity index (χ0) is 25.0. The molecule has 3 aromatic rings. The molecule has 0 aliphatic heterocycles. The van der Waals surface area contributed by atoms with E-state index in [-0.39, 0.29) is 16.1 Å². The first-order valence-electron chi connectivity index (χ1n) is 9.90. The summed E-state index contributed by atoms with van der Waals surface area (Å²) in [6.07, 6.45) is -3.77. The van der Waals surface area contributed by atoms with Crippen LogP contribution in [0, 0.1) is 13.8 Å². The summed E-state index contributed by atoms with van der Waals surface area (Å²) in [7, 11) is 2.47. The van der Waals surface area contributed by atoms with Crippen LogP contribution in [0.1, 0.15) is 27.0 Å². The SMILES string of the molecule is COc1ccc(NC(=O)c2cnc(OC)c(C(F)(F)F)c2)cc1[S+]([O-])Nc1c(C)cccc1C. The Kier molecular flexibility index (Phi) is 7.57. The van der Waals surface area contributed by atoms with E-state index in [9.17, 15) is 22.5 Å². The Labute approximate surface area is 197 Å². The van der Waals surface area contributed by atoms with E-state index in [0.717, 1.165) is 24.4 Å². The average molecular weight is 494 g/mol. The summed E-state index contributed by atoms with van der Waals surface area (Å²) in [5.74, 6) is -1.16. The number of ether oxygens (including phenoxy) is 2. The van der Waals surface area contributed by atoms with Crippen molar-refractivity contribution in [2.45, 2.75) is 24.9 Å². The van der Waals surface area contributed by atoms with Crippen LogP contribution in [0.25, 0.3) is 0 Å². The zero-order valence-electron chi connectivity index (χ0n) is 18.7. The number of hydrogen-bond acceptors (Lipinski definition) is 6. The number of amides is 1. The van der Waals surface area contributed by atoms with Gasteiger partial charge in [0.2, 0.25) is 10.8 Å². The van der Waals surface area contributed by atoms with Crippen LogP contribution in [-0.4, -0.2) is 29.7 Å². The summed E-state index contributed by atoms with van der Waals surface area (Å²) in [6, 6.07) is 10.7. The molecule has 0 saturated carbocycles. The van der Waals surface area contributed by atoms with E-state index in [1.54, 1.807) is 0 Å². The van der Waals surface area contributed by atoms with Gasteiger partial charge in [0.25, 0.3) is 5.91 Å². The molecule has 2 aromatic carbocycles. The van der Waals surface area contributed by atoms with Crippen molar-refractivity contribution in [3.05, 3.63) is 70.9 Å². The van der Waals surface area contributed by atoms with Crippen molar-refractivity contribution in [3.63, 3.8) is 0 Å². The Balaban J connectivity index is 1.88. The number of carbonyl (C=O) groups is 1. The number of nitrogens with one attached hydrogen (secondary N) is 2. The third-order valence-electron chi connectivity index (χ3n) is 4.91. The van der Waals surface area contributed by atoms with E-state index >= 15 is 0 Å². The first-order valence-corrected chi connectivity index (χ1v) is 11.1. The highest BCUT2D eigenvalue weighted by Crippen LogP contribution is 2.36. The summed E-state index contributed by atoms with van der Waals surface area (Å²) < 4.78 is 65.8. The maximum absolute atomic E-state index is 13.3. The number of anilines is 2. The van der Waals surface area contributed by atoms with Gasteiger partial charge in [-0.2, -0.15) is 13.2 Å². The second-order valence-corrected chi connectivity index (χ2v) is 8.42. The lowest BCUT2D eigenvalue weighted by molar-refractivity contribution is -0.139. The fraction of sp³-hybridized carbons (Fsp3) is 0.217. The summed E-state index contributed by atoms with van der Waals surface area (Å²) in [5.41, 5.74) is 1.20. The first kappa shape index (κ1) is 25.2. The van der Waals surface area contributed by atoms with Crippen LogP contribution < -0.4 is 19.5 Å². The van der Waals surface area contributed by atoms with Crippen LogP contribution in [0.3, 0.4) is 0 Å². The molecule has 7 nitrogen and oxygen atoms in total. The molecule has 0 spiro atoms. The lowest BCUT2D eigenvalue weighted by Gasteiger charge is -2.18. The number of aromatic nitrogens is 1. The van der Waals surface area contributed by atoms with Crippen molar-refractivity contribution in [1.82, 2.24) is 4.98 Å². The van der Waals surface area contributed by atoms with Crippen molar-refractivity contribution in [1.29, 1.82) is 0 Å². The van der Waals surface area contributed by atoms with Crippen LogP contribution in [-0.2, 0) is 17.5 Å². The standard InChI is InChI=1S/C23H22F3N3O4S/c1-13-6-5-7-14(2)20(13)29-34(31)19-11-16(8-9-18(19)32-3)28-21(30)15-10-17(23(24,25)26)22(33-4)27-12-15/h5-12,29H,1-4H3,(H,28,30). The monoisotopic (exact) mass is 493 g/mol. The van der Waals surface area contributed by atoms with Gasteiger partial charge in [0.1, 0.15) is 16.9 Å². The number of halogens is 3. The molecule has 0 bridgehead atoms. The number of rotatable bonds is 7. The van der Waals surface area contributed by atoms with Crippen LogP contribution in [0.5, 0.6) is 11.6 Å². The molecule has 11 heteroatoms. The highest BCUT2D eigenvalue weighted by atomic mass is 32.2. The molecule has 1 amide bonds. The molecule has 1 unspecified atom stereocenters. The zero-order valence-corrected chi connectivity index (χ0v) is 19.6. The number of alkyl halides is 3. The molecule has 0 aliphatic rings. The second-order valence-electron chi connectivity index (χ2n) is 7.24. The summed E-state index contributed by atoms with van der Waals surface area (Å²) in [4.78, 5) is 16.5. The molecular weight excluding hydrogens is 471 g/mol.